The number of aryl methyl sites for hydroxylation is 2. The zero-order valence-electron chi connectivity index (χ0n) is 16.0. The number of carbonyl (C=O) groups is 2. The fraction of sp³-hybridized carbons (Fsp3) is 0.238. The first-order valence-corrected chi connectivity index (χ1v) is 8.90. The number of hydrogen-bond acceptors (Lipinski definition) is 5. The van der Waals surface area contributed by atoms with Crippen LogP contribution in [0.1, 0.15) is 28.6 Å². The summed E-state index contributed by atoms with van der Waals surface area (Å²) in [5.74, 6) is 0.417. The first-order valence-electron chi connectivity index (χ1n) is 8.90. The average molecular weight is 382 g/mol. The van der Waals surface area contributed by atoms with Crippen LogP contribution in [-0.4, -0.2) is 25.5 Å². The van der Waals surface area contributed by atoms with Crippen LogP contribution in [0.4, 0.5) is 0 Å². The molecule has 7 heteroatoms. The van der Waals surface area contributed by atoms with Gasteiger partial charge in [-0.3, -0.25) is 20.4 Å². The minimum absolute atomic E-state index is 0.126. The molecule has 0 saturated carbocycles. The van der Waals surface area contributed by atoms with Gasteiger partial charge in [0, 0.05) is 10.9 Å². The van der Waals surface area contributed by atoms with Crippen molar-refractivity contribution >= 4 is 22.8 Å². The third kappa shape index (κ3) is 4.09. The summed E-state index contributed by atoms with van der Waals surface area (Å²) in [6.07, 6.45) is 0.796. The number of fused-ring (bicyclic) bond motifs is 1. The Morgan fingerprint density at radius 3 is 2.64 bits per heavy atom. The molecule has 0 aliphatic carbocycles. The van der Waals surface area contributed by atoms with Crippen molar-refractivity contribution in [2.24, 2.45) is 0 Å². The van der Waals surface area contributed by atoms with E-state index in [-0.39, 0.29) is 12.4 Å². The van der Waals surface area contributed by atoms with E-state index in [9.17, 15) is 9.59 Å². The van der Waals surface area contributed by atoms with Crippen molar-refractivity contribution in [3.05, 3.63) is 59.4 Å². The summed E-state index contributed by atoms with van der Waals surface area (Å²) in [4.78, 5) is 24.4. The molecule has 0 atom stereocenters. The van der Waals surface area contributed by atoms with Gasteiger partial charge in [0.1, 0.15) is 17.1 Å². The Balaban J connectivity index is 1.60. The molecule has 1 aromatic heterocycles. The van der Waals surface area contributed by atoms with Crippen LogP contribution >= 0.6 is 0 Å². The summed E-state index contributed by atoms with van der Waals surface area (Å²) < 4.78 is 16.3. The fourth-order valence-corrected chi connectivity index (χ4v) is 2.84. The largest absolute Gasteiger partial charge is 0.497 e. The number of carbonyl (C=O) groups excluding carboxylic acids is 2. The molecule has 2 N–H and O–H groups in total. The smallest absolute Gasteiger partial charge is 0.305 e. The molecule has 0 aliphatic heterocycles. The van der Waals surface area contributed by atoms with Crippen LogP contribution in [0.2, 0.25) is 0 Å². The predicted octanol–water partition coefficient (Wildman–Crippen LogP) is 3.15. The monoisotopic (exact) mass is 382 g/mol. The van der Waals surface area contributed by atoms with E-state index in [0.717, 1.165) is 17.4 Å². The summed E-state index contributed by atoms with van der Waals surface area (Å²) >= 11 is 0. The maximum Gasteiger partial charge on any atom is 0.305 e. The van der Waals surface area contributed by atoms with Crippen molar-refractivity contribution < 1.29 is 23.5 Å². The number of ether oxygens (including phenoxy) is 2. The quantitative estimate of drug-likeness (QED) is 0.639. The minimum Gasteiger partial charge on any atom is -0.497 e. The second-order valence-corrected chi connectivity index (χ2v) is 6.17. The van der Waals surface area contributed by atoms with Crippen molar-refractivity contribution in [1.82, 2.24) is 10.9 Å². The molecule has 0 unspecified atom stereocenters. The van der Waals surface area contributed by atoms with E-state index in [1.165, 1.54) is 0 Å². The summed E-state index contributed by atoms with van der Waals surface area (Å²) in [7, 11) is 1.57. The lowest BCUT2D eigenvalue weighted by Gasteiger charge is -2.10. The fourth-order valence-electron chi connectivity index (χ4n) is 2.84. The van der Waals surface area contributed by atoms with Gasteiger partial charge in [-0.15, -0.1) is 0 Å². The highest BCUT2D eigenvalue weighted by Gasteiger charge is 2.18. The third-order valence-corrected chi connectivity index (χ3v) is 4.38. The van der Waals surface area contributed by atoms with E-state index in [0.29, 0.717) is 22.6 Å². The number of para-hydroxylation sites is 1. The molecule has 2 aromatic carbocycles. The van der Waals surface area contributed by atoms with Gasteiger partial charge in [0.05, 0.1) is 7.11 Å². The Morgan fingerprint density at radius 1 is 1.11 bits per heavy atom. The Labute approximate surface area is 162 Å². The molecule has 0 fully saturated rings. The zero-order valence-corrected chi connectivity index (χ0v) is 16.0. The number of hydrazine groups is 1. The Morgan fingerprint density at radius 2 is 1.89 bits per heavy atom. The molecule has 0 aliphatic rings. The number of nitrogens with one attached hydrogen (secondary N) is 2. The van der Waals surface area contributed by atoms with Crippen LogP contribution < -0.4 is 20.3 Å². The molecule has 0 bridgehead atoms. The molecule has 3 rings (SSSR count). The summed E-state index contributed by atoms with van der Waals surface area (Å²) in [6, 6.07) is 12.8. The lowest BCUT2D eigenvalue weighted by atomic mass is 10.1. The molecule has 28 heavy (non-hydrogen) atoms. The summed E-state index contributed by atoms with van der Waals surface area (Å²) in [6.45, 7) is 3.56. The zero-order chi connectivity index (χ0) is 20.1. The van der Waals surface area contributed by atoms with E-state index in [4.69, 9.17) is 13.9 Å². The summed E-state index contributed by atoms with van der Waals surface area (Å²) in [5, 5.41) is 0.773. The molecule has 2 amide bonds. The van der Waals surface area contributed by atoms with Gasteiger partial charge in [-0.05, 0) is 43.2 Å². The Hall–Kier alpha value is -3.48. The first-order chi connectivity index (χ1) is 13.5. The highest BCUT2D eigenvalue weighted by atomic mass is 16.5. The Bertz CT molecular complexity index is 1010. The highest BCUT2D eigenvalue weighted by Crippen LogP contribution is 2.28. The molecule has 146 valence electrons. The van der Waals surface area contributed by atoms with Crippen LogP contribution in [0.15, 0.2) is 46.9 Å². The second-order valence-electron chi connectivity index (χ2n) is 6.17. The molecule has 0 saturated heterocycles. The molecule has 1 heterocycles. The van der Waals surface area contributed by atoms with E-state index in [1.807, 2.05) is 25.1 Å². The van der Waals surface area contributed by atoms with Gasteiger partial charge in [-0.25, -0.2) is 0 Å². The van der Waals surface area contributed by atoms with Crippen molar-refractivity contribution in [3.63, 3.8) is 0 Å². The normalized spacial score (nSPS) is 10.5. The van der Waals surface area contributed by atoms with E-state index >= 15 is 0 Å². The predicted molar refractivity (Wildman–Crippen MR) is 104 cm³/mol. The van der Waals surface area contributed by atoms with Crippen LogP contribution in [0, 0.1) is 6.92 Å². The first kappa shape index (κ1) is 19.3. The van der Waals surface area contributed by atoms with Gasteiger partial charge >= 0.3 is 5.91 Å². The number of methoxy groups -OCH3 is 1. The van der Waals surface area contributed by atoms with Crippen molar-refractivity contribution in [3.8, 4) is 11.5 Å². The molecule has 3 aromatic rings. The number of benzene rings is 2. The maximum atomic E-state index is 12.4. The van der Waals surface area contributed by atoms with Crippen LogP contribution in [0.25, 0.3) is 11.0 Å². The van der Waals surface area contributed by atoms with Crippen LogP contribution in [-0.2, 0) is 11.2 Å². The van der Waals surface area contributed by atoms with E-state index in [2.05, 4.69) is 10.9 Å². The van der Waals surface area contributed by atoms with E-state index in [1.54, 1.807) is 38.3 Å². The molecule has 0 spiro atoms. The highest BCUT2D eigenvalue weighted by molar-refractivity contribution is 5.99. The molecular formula is C21H22N2O5. The van der Waals surface area contributed by atoms with Crippen molar-refractivity contribution in [2.75, 3.05) is 13.7 Å². The summed E-state index contributed by atoms with van der Waals surface area (Å²) in [5.41, 5.74) is 6.92. The third-order valence-electron chi connectivity index (χ3n) is 4.38. The van der Waals surface area contributed by atoms with Crippen molar-refractivity contribution in [2.45, 2.75) is 20.3 Å². The van der Waals surface area contributed by atoms with Gasteiger partial charge < -0.3 is 13.9 Å². The second kappa shape index (κ2) is 8.47. The SMILES string of the molecule is CCc1ccccc1OCC(=O)NNC(=O)c1oc2ccc(OC)cc2c1C. The lowest BCUT2D eigenvalue weighted by Crippen LogP contribution is -2.43. The number of rotatable bonds is 6. The minimum atomic E-state index is -0.546. The van der Waals surface area contributed by atoms with Gasteiger partial charge in [0.2, 0.25) is 0 Å². The van der Waals surface area contributed by atoms with Gasteiger partial charge in [0.15, 0.2) is 12.4 Å². The van der Waals surface area contributed by atoms with E-state index < -0.39 is 11.8 Å². The topological polar surface area (TPSA) is 89.8 Å². The Kier molecular flexibility index (Phi) is 5.84. The van der Waals surface area contributed by atoms with Crippen LogP contribution in [0.5, 0.6) is 11.5 Å². The number of amides is 2. The molecule has 0 radical (unpaired) electrons. The maximum absolute atomic E-state index is 12.4. The number of furan rings is 1. The van der Waals surface area contributed by atoms with Crippen LogP contribution in [0.3, 0.4) is 0 Å². The van der Waals surface area contributed by atoms with Gasteiger partial charge in [0.25, 0.3) is 5.91 Å². The molecule has 7 nitrogen and oxygen atoms in total. The van der Waals surface area contributed by atoms with Gasteiger partial charge in [-0.1, -0.05) is 25.1 Å². The lowest BCUT2D eigenvalue weighted by molar-refractivity contribution is -0.123. The number of hydrogen-bond donors (Lipinski definition) is 2. The average Bonchev–Trinajstić information content (AvgIpc) is 3.06. The van der Waals surface area contributed by atoms with Crippen molar-refractivity contribution in [1.29, 1.82) is 0 Å². The van der Waals surface area contributed by atoms with Gasteiger partial charge in [-0.2, -0.15) is 0 Å². The molecular weight excluding hydrogens is 360 g/mol. The standard InChI is InChI=1S/C21H22N2O5/c1-4-14-7-5-6-8-17(14)27-12-19(24)22-23-21(25)20-13(2)16-11-15(26-3)9-10-18(16)28-20/h5-11H,4,12H2,1-3H3,(H,22,24)(H,23,25).